The van der Waals surface area contributed by atoms with Crippen LogP contribution in [0.15, 0.2) is 24.4 Å². The Labute approximate surface area is 108 Å². The van der Waals surface area contributed by atoms with Gasteiger partial charge in [0, 0.05) is 24.9 Å². The van der Waals surface area contributed by atoms with E-state index in [1.54, 1.807) is 18.3 Å². The first-order valence-electron chi connectivity index (χ1n) is 5.73. The van der Waals surface area contributed by atoms with Crippen LogP contribution in [0, 0.1) is 5.82 Å². The minimum absolute atomic E-state index is 0.0956. The van der Waals surface area contributed by atoms with Gasteiger partial charge >= 0.3 is 5.97 Å². The number of H-pyrrole nitrogens is 1. The average molecular weight is 264 g/mol. The number of carboxylic acids is 1. The lowest BCUT2D eigenvalue weighted by Gasteiger charge is -2.12. The van der Waals surface area contributed by atoms with Gasteiger partial charge in [0.05, 0.1) is 5.52 Å². The Hall–Kier alpha value is -2.37. The molecule has 3 N–H and O–H groups in total. The molecule has 2 rings (SSSR count). The molecule has 6 heteroatoms. The molecule has 0 fully saturated rings. The summed E-state index contributed by atoms with van der Waals surface area (Å²) >= 11 is 0. The van der Waals surface area contributed by atoms with Gasteiger partial charge in [-0.05, 0) is 11.6 Å². The zero-order valence-electron chi connectivity index (χ0n) is 10.2. The lowest BCUT2D eigenvalue weighted by atomic mass is 10.0. The molecule has 0 aliphatic carbocycles. The summed E-state index contributed by atoms with van der Waals surface area (Å²) in [6, 6.07) is 3.56. The first-order chi connectivity index (χ1) is 8.99. The van der Waals surface area contributed by atoms with E-state index in [4.69, 9.17) is 5.11 Å². The van der Waals surface area contributed by atoms with Crippen molar-refractivity contribution < 1.29 is 19.1 Å². The van der Waals surface area contributed by atoms with E-state index in [0.717, 1.165) is 0 Å². The maximum atomic E-state index is 13.5. The summed E-state index contributed by atoms with van der Waals surface area (Å²) in [5.74, 6) is -1.94. The highest BCUT2D eigenvalue weighted by atomic mass is 19.1. The van der Waals surface area contributed by atoms with E-state index in [-0.39, 0.29) is 6.42 Å². The normalized spacial score (nSPS) is 12.3. The third kappa shape index (κ3) is 2.73. The molecule has 1 aromatic carbocycles. The Balaban J connectivity index is 2.31. The molecule has 0 unspecified atom stereocenters. The number of aromatic nitrogens is 1. The van der Waals surface area contributed by atoms with Crippen LogP contribution >= 0.6 is 0 Å². The maximum Gasteiger partial charge on any atom is 0.326 e. The van der Waals surface area contributed by atoms with Crippen molar-refractivity contribution in [2.75, 3.05) is 0 Å². The number of aliphatic carboxylic acids is 1. The third-order valence-corrected chi connectivity index (χ3v) is 2.85. The molecule has 1 aromatic heterocycles. The number of carbonyl (C=O) groups excluding carboxylic acids is 1. The molecule has 0 saturated heterocycles. The summed E-state index contributed by atoms with van der Waals surface area (Å²) in [6.45, 7) is 1.25. The Morgan fingerprint density at radius 2 is 2.21 bits per heavy atom. The number of fused-ring (bicyclic) bond motifs is 1. The number of hydrogen-bond donors (Lipinski definition) is 3. The Morgan fingerprint density at radius 1 is 1.47 bits per heavy atom. The summed E-state index contributed by atoms with van der Waals surface area (Å²) in [6.07, 6.45) is 1.66. The van der Waals surface area contributed by atoms with Crippen molar-refractivity contribution >= 4 is 22.8 Å². The van der Waals surface area contributed by atoms with Crippen LogP contribution in [0.4, 0.5) is 4.39 Å². The number of benzene rings is 1. The van der Waals surface area contributed by atoms with Gasteiger partial charge < -0.3 is 15.4 Å². The predicted octanol–water partition coefficient (Wildman–Crippen LogP) is 1.44. The fourth-order valence-corrected chi connectivity index (χ4v) is 2.01. The lowest BCUT2D eigenvalue weighted by molar-refractivity contribution is -0.141. The van der Waals surface area contributed by atoms with Crippen LogP contribution in [0.3, 0.4) is 0 Å². The van der Waals surface area contributed by atoms with Crippen molar-refractivity contribution in [2.24, 2.45) is 0 Å². The highest BCUT2D eigenvalue weighted by Gasteiger charge is 2.20. The molecule has 2 aromatic rings. The Kier molecular flexibility index (Phi) is 3.50. The minimum atomic E-state index is -1.12. The summed E-state index contributed by atoms with van der Waals surface area (Å²) in [5.41, 5.74) is 0.986. The number of halogens is 1. The number of hydrogen-bond acceptors (Lipinski definition) is 2. The second kappa shape index (κ2) is 5.09. The van der Waals surface area contributed by atoms with Gasteiger partial charge in [-0.25, -0.2) is 9.18 Å². The fourth-order valence-electron chi connectivity index (χ4n) is 2.01. The van der Waals surface area contributed by atoms with Crippen LogP contribution in [0.1, 0.15) is 12.5 Å². The number of carboxylic acid groups (broad SMARTS) is 1. The first-order valence-corrected chi connectivity index (χ1v) is 5.73. The maximum absolute atomic E-state index is 13.5. The van der Waals surface area contributed by atoms with Crippen molar-refractivity contribution in [3.8, 4) is 0 Å². The molecule has 0 aliphatic rings. The van der Waals surface area contributed by atoms with Gasteiger partial charge in [0.25, 0.3) is 0 Å². The monoisotopic (exact) mass is 264 g/mol. The molecular weight excluding hydrogens is 251 g/mol. The van der Waals surface area contributed by atoms with Crippen molar-refractivity contribution in [1.82, 2.24) is 10.3 Å². The van der Waals surface area contributed by atoms with Crippen molar-refractivity contribution in [3.63, 3.8) is 0 Å². The second-order valence-electron chi connectivity index (χ2n) is 4.27. The Bertz CT molecular complexity index is 636. The molecule has 1 heterocycles. The molecule has 0 radical (unpaired) electrons. The van der Waals surface area contributed by atoms with Gasteiger partial charge in [-0.1, -0.05) is 12.1 Å². The number of para-hydroxylation sites is 1. The van der Waals surface area contributed by atoms with Crippen LogP contribution in [0.2, 0.25) is 0 Å². The number of nitrogens with one attached hydrogen (secondary N) is 2. The molecule has 19 heavy (non-hydrogen) atoms. The highest BCUT2D eigenvalue weighted by molar-refractivity contribution is 5.86. The van der Waals surface area contributed by atoms with Gasteiger partial charge in [-0.2, -0.15) is 0 Å². The molecule has 5 nitrogen and oxygen atoms in total. The van der Waals surface area contributed by atoms with Crippen LogP contribution in [-0.2, 0) is 16.0 Å². The fraction of sp³-hybridized carbons (Fsp3) is 0.231. The van der Waals surface area contributed by atoms with Crippen LogP contribution in [0.5, 0.6) is 0 Å². The number of rotatable bonds is 4. The van der Waals surface area contributed by atoms with E-state index in [1.807, 2.05) is 0 Å². The van der Waals surface area contributed by atoms with Gasteiger partial charge in [-0.3, -0.25) is 4.79 Å². The summed E-state index contributed by atoms with van der Waals surface area (Å²) in [5, 5.41) is 12.0. The minimum Gasteiger partial charge on any atom is -0.480 e. The molecule has 1 amide bonds. The predicted molar refractivity (Wildman–Crippen MR) is 67.2 cm³/mol. The molecule has 0 aliphatic heterocycles. The number of amides is 1. The summed E-state index contributed by atoms with van der Waals surface area (Å²) in [4.78, 5) is 24.8. The van der Waals surface area contributed by atoms with Crippen LogP contribution < -0.4 is 5.32 Å². The molecule has 1 atom stereocenters. The van der Waals surface area contributed by atoms with Crippen molar-refractivity contribution in [1.29, 1.82) is 0 Å². The molecular formula is C13H13FN2O3. The van der Waals surface area contributed by atoms with E-state index >= 15 is 0 Å². The largest absolute Gasteiger partial charge is 0.480 e. The van der Waals surface area contributed by atoms with Crippen LogP contribution in [-0.4, -0.2) is 28.0 Å². The van der Waals surface area contributed by atoms with Gasteiger partial charge in [-0.15, -0.1) is 0 Å². The zero-order chi connectivity index (χ0) is 14.0. The smallest absolute Gasteiger partial charge is 0.326 e. The number of aromatic amines is 1. The van der Waals surface area contributed by atoms with Crippen LogP contribution in [0.25, 0.3) is 10.9 Å². The van der Waals surface area contributed by atoms with E-state index < -0.39 is 23.7 Å². The van der Waals surface area contributed by atoms with Gasteiger partial charge in [0.2, 0.25) is 5.91 Å². The van der Waals surface area contributed by atoms with Gasteiger partial charge in [0.15, 0.2) is 0 Å². The SMILES string of the molecule is CC(=O)N[C@@H](Cc1c[nH]c2c(F)cccc12)C(=O)O. The molecule has 0 saturated carbocycles. The highest BCUT2D eigenvalue weighted by Crippen LogP contribution is 2.21. The molecule has 0 bridgehead atoms. The molecule has 0 spiro atoms. The van der Waals surface area contributed by atoms with Crippen molar-refractivity contribution in [2.45, 2.75) is 19.4 Å². The third-order valence-electron chi connectivity index (χ3n) is 2.85. The Morgan fingerprint density at radius 3 is 2.84 bits per heavy atom. The van der Waals surface area contributed by atoms with E-state index in [9.17, 15) is 14.0 Å². The number of carbonyl (C=O) groups is 2. The second-order valence-corrected chi connectivity index (χ2v) is 4.27. The topological polar surface area (TPSA) is 82.2 Å². The summed E-state index contributed by atoms with van der Waals surface area (Å²) in [7, 11) is 0. The first kappa shape index (κ1) is 13.1. The van der Waals surface area contributed by atoms with E-state index in [0.29, 0.717) is 16.5 Å². The molecule has 100 valence electrons. The van der Waals surface area contributed by atoms with E-state index in [1.165, 1.54) is 13.0 Å². The standard InChI is InChI=1S/C13H13FN2O3/c1-7(17)16-11(13(18)19)5-8-6-15-12-9(8)3-2-4-10(12)14/h2-4,6,11,15H,5H2,1H3,(H,16,17)(H,18,19)/t11-/m0/s1. The lowest BCUT2D eigenvalue weighted by Crippen LogP contribution is -2.41. The average Bonchev–Trinajstić information content (AvgIpc) is 2.72. The van der Waals surface area contributed by atoms with E-state index in [2.05, 4.69) is 10.3 Å². The van der Waals surface area contributed by atoms with Crippen molar-refractivity contribution in [3.05, 3.63) is 35.8 Å². The summed E-state index contributed by atoms with van der Waals surface area (Å²) < 4.78 is 13.5. The quantitative estimate of drug-likeness (QED) is 0.781. The van der Waals surface area contributed by atoms with Gasteiger partial charge in [0.1, 0.15) is 11.9 Å². The zero-order valence-corrected chi connectivity index (χ0v) is 10.2.